The first-order chi connectivity index (χ1) is 10.7. The first kappa shape index (κ1) is 15.2. The third-order valence-electron chi connectivity index (χ3n) is 3.00. The van der Waals surface area contributed by atoms with Gasteiger partial charge in [0, 0.05) is 17.0 Å². The van der Waals surface area contributed by atoms with Gasteiger partial charge in [-0.25, -0.2) is 5.84 Å². The molecule has 0 amide bonds. The van der Waals surface area contributed by atoms with Crippen molar-refractivity contribution in [3.8, 4) is 22.9 Å². The molecule has 0 radical (unpaired) electrons. The predicted molar refractivity (Wildman–Crippen MR) is 79.4 cm³/mol. The van der Waals surface area contributed by atoms with Gasteiger partial charge in [-0.3, -0.25) is 5.10 Å². The summed E-state index contributed by atoms with van der Waals surface area (Å²) in [6.45, 7) is 2.12. The lowest BCUT2D eigenvalue weighted by Gasteiger charge is -2.15. The molecule has 0 aliphatic rings. The molecule has 0 saturated heterocycles. The van der Waals surface area contributed by atoms with E-state index in [1.165, 1.54) is 4.70 Å². The van der Waals surface area contributed by atoms with E-state index in [0.29, 0.717) is 17.9 Å². The maximum atomic E-state index is 9.19. The number of nitrogens with one attached hydrogen (secondary N) is 2. The molecule has 1 heterocycles. The van der Waals surface area contributed by atoms with Crippen LogP contribution in [0.5, 0.6) is 5.75 Å². The van der Waals surface area contributed by atoms with Crippen molar-refractivity contribution in [2.24, 2.45) is 11.1 Å². The summed E-state index contributed by atoms with van der Waals surface area (Å²) < 4.78 is 7.04. The van der Waals surface area contributed by atoms with Gasteiger partial charge in [0.05, 0.1) is 11.8 Å². The predicted octanol–water partition coefficient (Wildman–Crippen LogP) is 1.66. The summed E-state index contributed by atoms with van der Waals surface area (Å²) >= 11 is 0. The average molecular weight is 298 g/mol. The first-order valence-electron chi connectivity index (χ1n) is 6.56. The van der Waals surface area contributed by atoms with Gasteiger partial charge in [-0.2, -0.15) is 15.8 Å². The van der Waals surface area contributed by atoms with E-state index < -0.39 is 0 Å². The molecule has 0 unspecified atom stereocenters. The molecule has 0 spiro atoms. The molecule has 2 aromatic rings. The van der Waals surface area contributed by atoms with Gasteiger partial charge in [0.25, 0.3) is 0 Å². The van der Waals surface area contributed by atoms with Crippen LogP contribution in [-0.4, -0.2) is 33.9 Å². The van der Waals surface area contributed by atoms with Crippen LogP contribution < -0.4 is 10.6 Å². The zero-order valence-corrected chi connectivity index (χ0v) is 12.0. The first-order valence-corrected chi connectivity index (χ1v) is 6.56. The van der Waals surface area contributed by atoms with E-state index in [4.69, 9.17) is 16.0 Å². The van der Waals surface area contributed by atoms with Crippen LogP contribution in [0.2, 0.25) is 0 Å². The summed E-state index contributed by atoms with van der Waals surface area (Å²) in [5.41, 5.74) is 2.23. The molecule has 1 aromatic carbocycles. The topological polar surface area (TPSA) is 127 Å². The maximum Gasteiger partial charge on any atom is 0.235 e. The molecule has 0 bridgehead atoms. The quantitative estimate of drug-likeness (QED) is 0.187. The number of hydrogen-bond acceptors (Lipinski definition) is 5. The van der Waals surface area contributed by atoms with Crippen LogP contribution in [0.25, 0.3) is 11.1 Å². The highest BCUT2D eigenvalue weighted by molar-refractivity contribution is 5.65. The summed E-state index contributed by atoms with van der Waals surface area (Å²) in [5.74, 6) is 5.62. The van der Waals surface area contributed by atoms with Crippen LogP contribution in [0, 0.1) is 16.7 Å². The van der Waals surface area contributed by atoms with Gasteiger partial charge in [-0.15, -0.1) is 4.70 Å². The summed E-state index contributed by atoms with van der Waals surface area (Å²) in [5, 5.41) is 26.4. The number of aromatic nitrogens is 2. The zero-order chi connectivity index (χ0) is 15.9. The number of aromatic amines is 1. The van der Waals surface area contributed by atoms with Gasteiger partial charge in [0.2, 0.25) is 6.34 Å². The molecule has 4 N–H and O–H groups in total. The van der Waals surface area contributed by atoms with Gasteiger partial charge in [-0.1, -0.05) is 6.07 Å². The molecular weight excluding hydrogens is 282 g/mol. The Morgan fingerprint density at radius 3 is 3.00 bits per heavy atom. The summed E-state index contributed by atoms with van der Waals surface area (Å²) in [6.07, 6.45) is 4.16. The van der Waals surface area contributed by atoms with Gasteiger partial charge in [0.15, 0.2) is 0 Å². The molecule has 0 fully saturated rings. The molecular formula is C14H16N7O+. The van der Waals surface area contributed by atoms with E-state index in [1.807, 2.05) is 13.0 Å². The fraction of sp³-hybridized carbons (Fsp3) is 0.214. The minimum atomic E-state index is -0.305. The van der Waals surface area contributed by atoms with Crippen LogP contribution in [0.3, 0.4) is 0 Å². The largest absolute Gasteiger partial charge is 0.486 e. The van der Waals surface area contributed by atoms with Crippen molar-refractivity contribution in [2.75, 3.05) is 6.54 Å². The van der Waals surface area contributed by atoms with Gasteiger partial charge < -0.3 is 4.74 Å². The summed E-state index contributed by atoms with van der Waals surface area (Å²) in [4.78, 5) is 0. The van der Waals surface area contributed by atoms with E-state index in [0.717, 1.165) is 17.5 Å². The Labute approximate surface area is 127 Å². The summed E-state index contributed by atoms with van der Waals surface area (Å²) in [7, 11) is 0. The number of nitriles is 1. The fourth-order valence-electron chi connectivity index (χ4n) is 1.95. The molecule has 2 rings (SSSR count). The fourth-order valence-corrected chi connectivity index (χ4v) is 1.95. The Hall–Kier alpha value is -3.21. The third kappa shape index (κ3) is 3.46. The van der Waals surface area contributed by atoms with Crippen molar-refractivity contribution in [3.63, 3.8) is 0 Å². The van der Waals surface area contributed by atoms with Crippen LogP contribution >= 0.6 is 0 Å². The van der Waals surface area contributed by atoms with E-state index in [-0.39, 0.29) is 6.10 Å². The lowest BCUT2D eigenvalue weighted by Crippen LogP contribution is -2.26. The Kier molecular flexibility index (Phi) is 4.82. The third-order valence-corrected chi connectivity index (χ3v) is 3.00. The summed E-state index contributed by atoms with van der Waals surface area (Å²) in [6, 6.07) is 7.42. The van der Waals surface area contributed by atoms with Crippen molar-refractivity contribution >= 4 is 6.34 Å². The Balaban J connectivity index is 2.23. The smallest absolute Gasteiger partial charge is 0.235 e. The Morgan fingerprint density at radius 1 is 1.59 bits per heavy atom. The van der Waals surface area contributed by atoms with Gasteiger partial charge >= 0.3 is 0 Å². The van der Waals surface area contributed by atoms with E-state index >= 15 is 0 Å². The number of hydrogen-bond donors (Lipinski definition) is 3. The second kappa shape index (κ2) is 6.99. The molecule has 22 heavy (non-hydrogen) atoms. The number of rotatable bonds is 6. The van der Waals surface area contributed by atoms with Crippen molar-refractivity contribution in [3.05, 3.63) is 36.2 Å². The lowest BCUT2D eigenvalue weighted by molar-refractivity contribution is -0.485. The number of benzene rings is 1. The highest BCUT2D eigenvalue weighted by Crippen LogP contribution is 2.27. The minimum absolute atomic E-state index is 0.305. The van der Waals surface area contributed by atoms with E-state index in [1.54, 1.807) is 24.5 Å². The molecule has 0 aliphatic carbocycles. The van der Waals surface area contributed by atoms with Crippen LogP contribution in [0.4, 0.5) is 0 Å². The van der Waals surface area contributed by atoms with Crippen molar-refractivity contribution < 1.29 is 9.43 Å². The van der Waals surface area contributed by atoms with E-state index in [9.17, 15) is 5.26 Å². The maximum absolute atomic E-state index is 9.19. The normalized spacial score (nSPS) is 12.5. The SMILES string of the molecule is C[C@@H](C[N+](C=N)=NN)Oc1cc(-c2cn[nH]c2)ccc1C#N. The van der Waals surface area contributed by atoms with Crippen LogP contribution in [0.1, 0.15) is 12.5 Å². The van der Waals surface area contributed by atoms with E-state index in [2.05, 4.69) is 21.5 Å². The number of ether oxygens (including phenoxy) is 1. The molecule has 1 aromatic heterocycles. The highest BCUT2D eigenvalue weighted by atomic mass is 16.5. The van der Waals surface area contributed by atoms with Crippen molar-refractivity contribution in [1.82, 2.24) is 10.2 Å². The second-order valence-electron chi connectivity index (χ2n) is 4.60. The Morgan fingerprint density at radius 2 is 2.41 bits per heavy atom. The average Bonchev–Trinajstić information content (AvgIpc) is 3.07. The zero-order valence-electron chi connectivity index (χ0n) is 12.0. The monoisotopic (exact) mass is 298 g/mol. The number of nitrogens with two attached hydrogens (primary N) is 1. The van der Waals surface area contributed by atoms with Gasteiger partial charge in [-0.05, 0) is 24.6 Å². The Bertz CT molecular complexity index is 715. The molecule has 112 valence electrons. The molecule has 0 aliphatic heterocycles. The molecule has 8 heteroatoms. The van der Waals surface area contributed by atoms with Crippen LogP contribution in [0.15, 0.2) is 35.8 Å². The lowest BCUT2D eigenvalue weighted by atomic mass is 10.1. The molecule has 8 nitrogen and oxygen atoms in total. The number of nitrogens with zero attached hydrogens (tertiary/aromatic N) is 4. The molecule has 0 saturated carbocycles. The standard InChI is InChI=1S/C14H15N7O/c1-10(8-21(9-16)20-17)22-14-4-11(2-3-12(14)5-15)13-6-18-19-7-13/h2-4,6-7,9-10,16-17H,8H2,1H3,(H,18,19)/p+1/t10-/m0/s1. The minimum Gasteiger partial charge on any atom is -0.486 e. The highest BCUT2D eigenvalue weighted by Gasteiger charge is 2.13. The van der Waals surface area contributed by atoms with Gasteiger partial charge in [0.1, 0.15) is 24.5 Å². The molecule has 1 atom stereocenters. The van der Waals surface area contributed by atoms with Crippen molar-refractivity contribution in [2.45, 2.75) is 13.0 Å². The van der Waals surface area contributed by atoms with Crippen molar-refractivity contribution in [1.29, 1.82) is 10.7 Å². The number of H-pyrrole nitrogens is 1. The van der Waals surface area contributed by atoms with Crippen LogP contribution in [-0.2, 0) is 0 Å². The second-order valence-corrected chi connectivity index (χ2v) is 4.60.